The lowest BCUT2D eigenvalue weighted by atomic mass is 9.92. The van der Waals surface area contributed by atoms with E-state index in [1.54, 1.807) is 20.8 Å². The van der Waals surface area contributed by atoms with E-state index in [0.717, 1.165) is 0 Å². The lowest BCUT2D eigenvalue weighted by Crippen LogP contribution is -2.35. The fourth-order valence-electron chi connectivity index (χ4n) is 1.59. The van der Waals surface area contributed by atoms with Crippen LogP contribution in [0.1, 0.15) is 20.8 Å². The van der Waals surface area contributed by atoms with Gasteiger partial charge in [-0.25, -0.2) is 0 Å². The molecule has 18 heavy (non-hydrogen) atoms. The average Bonchev–Trinajstić information content (AvgIpc) is 2.26. The summed E-state index contributed by atoms with van der Waals surface area (Å²) in [5, 5.41) is 18.4. The molecule has 0 aromatic heterocycles. The lowest BCUT2D eigenvalue weighted by molar-refractivity contribution is -0.161. The van der Waals surface area contributed by atoms with Crippen molar-refractivity contribution in [2.45, 2.75) is 32.5 Å². The maximum absolute atomic E-state index is 12.0. The molecule has 5 heteroatoms. The van der Waals surface area contributed by atoms with Crippen LogP contribution in [0.25, 0.3) is 0 Å². The Bertz CT molecular complexity index is 437. The van der Waals surface area contributed by atoms with E-state index in [9.17, 15) is 9.90 Å². The van der Waals surface area contributed by atoms with Crippen LogP contribution in [-0.2, 0) is 14.3 Å². The van der Waals surface area contributed by atoms with Crippen molar-refractivity contribution in [2.24, 2.45) is 5.92 Å². The number of hydrogen-bond acceptors (Lipinski definition) is 5. The van der Waals surface area contributed by atoms with Gasteiger partial charge in [0, 0.05) is 7.11 Å². The standard InChI is InChI=1S/C13H17NO4/c1-13(2,3)18-12(16)9-6-10(15)8(7-14)5-11(9)17-4/h5-6,9,11,15H,1-4H3. The summed E-state index contributed by atoms with van der Waals surface area (Å²) in [6.45, 7) is 5.28. The zero-order chi connectivity index (χ0) is 13.9. The van der Waals surface area contributed by atoms with Crippen molar-refractivity contribution in [2.75, 3.05) is 7.11 Å². The number of nitriles is 1. The third-order valence-corrected chi connectivity index (χ3v) is 2.37. The third-order valence-electron chi connectivity index (χ3n) is 2.37. The van der Waals surface area contributed by atoms with Crippen LogP contribution >= 0.6 is 0 Å². The number of aliphatic hydroxyl groups excluding tert-OH is 1. The molecule has 1 aliphatic carbocycles. The first-order valence-electron chi connectivity index (χ1n) is 5.57. The Morgan fingerprint density at radius 3 is 2.50 bits per heavy atom. The van der Waals surface area contributed by atoms with Gasteiger partial charge in [0.25, 0.3) is 0 Å². The summed E-state index contributed by atoms with van der Waals surface area (Å²) in [6, 6.07) is 1.84. The van der Waals surface area contributed by atoms with Crippen molar-refractivity contribution in [1.29, 1.82) is 5.26 Å². The number of aliphatic hydroxyl groups is 1. The number of carbonyl (C=O) groups excluding carboxylic acids is 1. The second kappa shape index (κ2) is 5.23. The predicted octanol–water partition coefficient (Wildman–Crippen LogP) is 1.86. The average molecular weight is 251 g/mol. The molecule has 0 fully saturated rings. The van der Waals surface area contributed by atoms with Crippen LogP contribution in [-0.4, -0.2) is 29.9 Å². The lowest BCUT2D eigenvalue weighted by Gasteiger charge is -2.27. The van der Waals surface area contributed by atoms with Crippen molar-refractivity contribution in [3.63, 3.8) is 0 Å². The van der Waals surface area contributed by atoms with Crippen molar-refractivity contribution < 1.29 is 19.4 Å². The Morgan fingerprint density at radius 2 is 2.06 bits per heavy atom. The molecule has 0 saturated heterocycles. The maximum Gasteiger partial charge on any atom is 0.316 e. The Labute approximate surface area is 106 Å². The van der Waals surface area contributed by atoms with Gasteiger partial charge in [-0.15, -0.1) is 0 Å². The van der Waals surface area contributed by atoms with E-state index in [1.807, 2.05) is 6.07 Å². The topological polar surface area (TPSA) is 79.5 Å². The maximum atomic E-state index is 12.0. The first-order valence-corrected chi connectivity index (χ1v) is 5.57. The fourth-order valence-corrected chi connectivity index (χ4v) is 1.59. The van der Waals surface area contributed by atoms with Crippen LogP contribution in [0.4, 0.5) is 0 Å². The van der Waals surface area contributed by atoms with Gasteiger partial charge >= 0.3 is 5.97 Å². The molecule has 2 atom stereocenters. The molecule has 0 amide bonds. The minimum atomic E-state index is -0.744. The monoisotopic (exact) mass is 251 g/mol. The highest BCUT2D eigenvalue weighted by Crippen LogP contribution is 2.26. The SMILES string of the molecule is COC1C=C(C#N)C(O)=CC1C(=O)OC(C)(C)C. The molecular weight excluding hydrogens is 234 g/mol. The third kappa shape index (κ3) is 3.34. The molecule has 0 aliphatic heterocycles. The van der Waals surface area contributed by atoms with E-state index in [2.05, 4.69) is 0 Å². The molecule has 98 valence electrons. The highest BCUT2D eigenvalue weighted by molar-refractivity contribution is 5.77. The van der Waals surface area contributed by atoms with E-state index < -0.39 is 23.6 Å². The first-order chi connectivity index (χ1) is 8.28. The van der Waals surface area contributed by atoms with E-state index >= 15 is 0 Å². The van der Waals surface area contributed by atoms with Crippen molar-refractivity contribution in [1.82, 2.24) is 0 Å². The Kier molecular flexibility index (Phi) is 4.15. The highest BCUT2D eigenvalue weighted by Gasteiger charge is 2.33. The predicted molar refractivity (Wildman–Crippen MR) is 64.5 cm³/mol. The molecule has 0 aromatic rings. The second-order valence-electron chi connectivity index (χ2n) is 5.00. The quantitative estimate of drug-likeness (QED) is 0.758. The van der Waals surface area contributed by atoms with Gasteiger partial charge in [-0.05, 0) is 32.9 Å². The fraction of sp³-hybridized carbons (Fsp3) is 0.538. The van der Waals surface area contributed by atoms with Gasteiger partial charge in [0.05, 0.1) is 11.7 Å². The van der Waals surface area contributed by atoms with Gasteiger partial charge in [-0.1, -0.05) is 0 Å². The zero-order valence-electron chi connectivity index (χ0n) is 10.9. The van der Waals surface area contributed by atoms with Gasteiger partial charge in [0.15, 0.2) is 0 Å². The molecule has 1 N–H and O–H groups in total. The van der Waals surface area contributed by atoms with Crippen LogP contribution in [0, 0.1) is 17.2 Å². The minimum absolute atomic E-state index is 0.0988. The largest absolute Gasteiger partial charge is 0.507 e. The number of allylic oxidation sites excluding steroid dienone is 1. The smallest absolute Gasteiger partial charge is 0.316 e. The van der Waals surface area contributed by atoms with Crippen molar-refractivity contribution in [3.05, 3.63) is 23.5 Å². The normalized spacial score (nSPS) is 23.7. The summed E-state index contributed by atoms with van der Waals surface area (Å²) in [6.07, 6.45) is 2.11. The number of carbonyl (C=O) groups is 1. The molecule has 1 rings (SSSR count). The van der Waals surface area contributed by atoms with E-state index in [-0.39, 0.29) is 11.3 Å². The molecule has 0 saturated carbocycles. The van der Waals surface area contributed by atoms with Gasteiger partial charge < -0.3 is 14.6 Å². The van der Waals surface area contributed by atoms with Crippen molar-refractivity contribution >= 4 is 5.97 Å². The molecule has 0 aromatic carbocycles. The molecule has 0 spiro atoms. The van der Waals surface area contributed by atoms with E-state index in [0.29, 0.717) is 0 Å². The van der Waals surface area contributed by atoms with Crippen LogP contribution in [0.3, 0.4) is 0 Å². The number of hydrogen-bond donors (Lipinski definition) is 1. The van der Waals surface area contributed by atoms with Gasteiger partial charge in [0.1, 0.15) is 23.3 Å². The van der Waals surface area contributed by atoms with E-state index in [1.165, 1.54) is 19.3 Å². The summed E-state index contributed by atoms with van der Waals surface area (Å²) < 4.78 is 10.4. The first kappa shape index (κ1) is 14.3. The molecule has 1 aliphatic rings. The van der Waals surface area contributed by atoms with Crippen LogP contribution in [0.15, 0.2) is 23.5 Å². The molecule has 5 nitrogen and oxygen atoms in total. The van der Waals surface area contributed by atoms with E-state index in [4.69, 9.17) is 14.7 Å². The number of methoxy groups -OCH3 is 1. The van der Waals surface area contributed by atoms with Crippen molar-refractivity contribution in [3.8, 4) is 6.07 Å². The van der Waals surface area contributed by atoms with Gasteiger partial charge in [-0.2, -0.15) is 5.26 Å². The molecule has 2 unspecified atom stereocenters. The Morgan fingerprint density at radius 1 is 1.44 bits per heavy atom. The number of ether oxygens (including phenoxy) is 2. The zero-order valence-corrected chi connectivity index (χ0v) is 10.9. The summed E-state index contributed by atoms with van der Waals surface area (Å²) in [5.74, 6) is -1.46. The number of esters is 1. The molecule has 0 heterocycles. The van der Waals surface area contributed by atoms with Crippen LogP contribution < -0.4 is 0 Å². The summed E-state index contributed by atoms with van der Waals surface area (Å²) in [7, 11) is 1.43. The van der Waals surface area contributed by atoms with Crippen LogP contribution in [0.2, 0.25) is 0 Å². The summed E-state index contributed by atoms with van der Waals surface area (Å²) >= 11 is 0. The second-order valence-corrected chi connectivity index (χ2v) is 5.00. The molecule has 0 bridgehead atoms. The Hall–Kier alpha value is -1.80. The minimum Gasteiger partial charge on any atom is -0.507 e. The number of rotatable bonds is 2. The summed E-state index contributed by atoms with van der Waals surface area (Å²) in [4.78, 5) is 12.0. The molecular formula is C13H17NO4. The van der Waals surface area contributed by atoms with Gasteiger partial charge in [-0.3, -0.25) is 4.79 Å². The Balaban J connectivity index is 2.94. The van der Waals surface area contributed by atoms with Crippen LogP contribution in [0.5, 0.6) is 0 Å². The highest BCUT2D eigenvalue weighted by atomic mass is 16.6. The number of nitrogens with zero attached hydrogens (tertiary/aromatic N) is 1. The summed E-state index contributed by atoms with van der Waals surface area (Å²) in [5.41, 5.74) is -0.514. The molecule has 0 radical (unpaired) electrons. The van der Waals surface area contributed by atoms with Gasteiger partial charge in [0.2, 0.25) is 0 Å².